The molecular weight excluding hydrogens is 308 g/mol. The molecule has 0 spiro atoms. The maximum atomic E-state index is 12.1. The van der Waals surface area contributed by atoms with E-state index in [9.17, 15) is 9.59 Å². The first-order valence-corrected chi connectivity index (χ1v) is 7.93. The number of aromatic nitrogens is 2. The van der Waals surface area contributed by atoms with E-state index in [2.05, 4.69) is 10.4 Å². The van der Waals surface area contributed by atoms with Gasteiger partial charge in [-0.05, 0) is 18.1 Å². The zero-order valence-electron chi connectivity index (χ0n) is 13.3. The fraction of sp³-hybridized carbons (Fsp3) is 0.353. The van der Waals surface area contributed by atoms with Crippen LogP contribution in [0.1, 0.15) is 17.7 Å². The molecule has 2 aromatic rings. The molecule has 2 N–H and O–H groups in total. The van der Waals surface area contributed by atoms with Gasteiger partial charge in [0.25, 0.3) is 0 Å². The van der Waals surface area contributed by atoms with Crippen LogP contribution in [0.4, 0.5) is 4.79 Å². The highest BCUT2D eigenvalue weighted by molar-refractivity contribution is 5.77. The standard InChI is InChI=1S/C17H20N4O3/c22-16(23)14-6-8-20(12-14)17(24)18-10-15-7-9-21(19-15)11-13-4-2-1-3-5-13/h1-5,7,9,14H,6,8,10-12H2,(H,18,24)(H,22,23). The van der Waals surface area contributed by atoms with E-state index in [0.717, 1.165) is 11.3 Å². The molecule has 126 valence electrons. The number of rotatable bonds is 5. The van der Waals surface area contributed by atoms with Gasteiger partial charge in [0, 0.05) is 19.3 Å². The van der Waals surface area contributed by atoms with Crippen molar-refractivity contribution in [1.29, 1.82) is 0 Å². The summed E-state index contributed by atoms with van der Waals surface area (Å²) < 4.78 is 1.83. The van der Waals surface area contributed by atoms with Crippen molar-refractivity contribution in [3.63, 3.8) is 0 Å². The van der Waals surface area contributed by atoms with E-state index in [-0.39, 0.29) is 12.6 Å². The van der Waals surface area contributed by atoms with Gasteiger partial charge in [-0.2, -0.15) is 5.10 Å². The average molecular weight is 328 g/mol. The molecule has 24 heavy (non-hydrogen) atoms. The Labute approximate surface area is 139 Å². The van der Waals surface area contributed by atoms with E-state index in [1.54, 1.807) is 4.90 Å². The lowest BCUT2D eigenvalue weighted by atomic mass is 10.1. The summed E-state index contributed by atoms with van der Waals surface area (Å²) in [4.78, 5) is 24.5. The zero-order valence-corrected chi connectivity index (χ0v) is 13.3. The Balaban J connectivity index is 1.49. The lowest BCUT2D eigenvalue weighted by Crippen LogP contribution is -2.38. The maximum Gasteiger partial charge on any atom is 0.317 e. The van der Waals surface area contributed by atoms with Crippen molar-refractivity contribution in [2.45, 2.75) is 19.5 Å². The van der Waals surface area contributed by atoms with Crippen molar-refractivity contribution >= 4 is 12.0 Å². The van der Waals surface area contributed by atoms with Gasteiger partial charge in [-0.3, -0.25) is 9.48 Å². The van der Waals surface area contributed by atoms with Gasteiger partial charge in [0.2, 0.25) is 0 Å². The third-order valence-electron chi connectivity index (χ3n) is 4.13. The molecule has 1 aromatic carbocycles. The molecule has 7 heteroatoms. The minimum Gasteiger partial charge on any atom is -0.481 e. The second-order valence-electron chi connectivity index (χ2n) is 5.92. The number of carbonyl (C=O) groups excluding carboxylic acids is 1. The Kier molecular flexibility index (Phi) is 4.79. The molecule has 1 atom stereocenters. The molecule has 0 bridgehead atoms. The number of benzene rings is 1. The van der Waals surface area contributed by atoms with E-state index in [4.69, 9.17) is 5.11 Å². The van der Waals surface area contributed by atoms with Crippen LogP contribution in [0.3, 0.4) is 0 Å². The number of carboxylic acids is 1. The topological polar surface area (TPSA) is 87.5 Å². The zero-order chi connectivity index (χ0) is 16.9. The molecule has 7 nitrogen and oxygen atoms in total. The third-order valence-corrected chi connectivity index (χ3v) is 4.13. The minimum atomic E-state index is -0.843. The number of nitrogens with zero attached hydrogens (tertiary/aromatic N) is 3. The van der Waals surface area contributed by atoms with Crippen LogP contribution >= 0.6 is 0 Å². The van der Waals surface area contributed by atoms with Crippen molar-refractivity contribution in [2.24, 2.45) is 5.92 Å². The number of urea groups is 1. The highest BCUT2D eigenvalue weighted by Gasteiger charge is 2.30. The average Bonchev–Trinajstić information content (AvgIpc) is 3.23. The number of aliphatic carboxylic acids is 1. The number of carbonyl (C=O) groups is 2. The summed E-state index contributed by atoms with van der Waals surface area (Å²) in [6.07, 6.45) is 2.39. The van der Waals surface area contributed by atoms with Gasteiger partial charge in [-0.25, -0.2) is 4.79 Å². The molecule has 0 saturated carbocycles. The molecule has 2 amide bonds. The lowest BCUT2D eigenvalue weighted by Gasteiger charge is -2.16. The Hall–Kier alpha value is -2.83. The van der Waals surface area contributed by atoms with E-state index >= 15 is 0 Å². The second-order valence-corrected chi connectivity index (χ2v) is 5.92. The SMILES string of the molecule is O=C(O)C1CCN(C(=O)NCc2ccn(Cc3ccccc3)n2)C1. The molecule has 1 aliphatic rings. The first-order chi connectivity index (χ1) is 11.6. The molecule has 1 unspecified atom stereocenters. The van der Waals surface area contributed by atoms with Crippen LogP contribution in [-0.4, -0.2) is 44.9 Å². The summed E-state index contributed by atoms with van der Waals surface area (Å²) in [6.45, 7) is 1.75. The third kappa shape index (κ3) is 3.92. The summed E-state index contributed by atoms with van der Waals surface area (Å²) >= 11 is 0. The summed E-state index contributed by atoms with van der Waals surface area (Å²) in [6, 6.07) is 11.6. The van der Waals surface area contributed by atoms with Crippen LogP contribution in [-0.2, 0) is 17.9 Å². The Morgan fingerprint density at radius 3 is 2.75 bits per heavy atom. The monoisotopic (exact) mass is 328 g/mol. The lowest BCUT2D eigenvalue weighted by molar-refractivity contribution is -0.141. The number of hydrogen-bond acceptors (Lipinski definition) is 3. The molecular formula is C17H20N4O3. The molecule has 0 radical (unpaired) electrons. The molecule has 0 aliphatic carbocycles. The Bertz CT molecular complexity index is 714. The molecule has 1 aliphatic heterocycles. The van der Waals surface area contributed by atoms with Crippen LogP contribution in [0.2, 0.25) is 0 Å². The predicted molar refractivity (Wildman–Crippen MR) is 87.3 cm³/mol. The maximum absolute atomic E-state index is 12.1. The summed E-state index contributed by atoms with van der Waals surface area (Å²) in [5.74, 6) is -1.30. The minimum absolute atomic E-state index is 0.239. The molecule has 2 heterocycles. The number of likely N-dealkylation sites (tertiary alicyclic amines) is 1. The van der Waals surface area contributed by atoms with E-state index in [0.29, 0.717) is 26.1 Å². The summed E-state index contributed by atoms with van der Waals surface area (Å²) in [5, 5.41) is 16.2. The molecule has 1 fully saturated rings. The number of hydrogen-bond donors (Lipinski definition) is 2. The first-order valence-electron chi connectivity index (χ1n) is 7.93. The van der Waals surface area contributed by atoms with E-state index < -0.39 is 11.9 Å². The Morgan fingerprint density at radius 1 is 1.25 bits per heavy atom. The highest BCUT2D eigenvalue weighted by Crippen LogP contribution is 2.16. The second kappa shape index (κ2) is 7.16. The summed E-state index contributed by atoms with van der Waals surface area (Å²) in [5.41, 5.74) is 1.93. The fourth-order valence-electron chi connectivity index (χ4n) is 2.78. The summed E-state index contributed by atoms with van der Waals surface area (Å²) in [7, 11) is 0. The fourth-order valence-corrected chi connectivity index (χ4v) is 2.78. The molecule has 3 rings (SSSR count). The van der Waals surface area contributed by atoms with Crippen molar-refractivity contribution < 1.29 is 14.7 Å². The quantitative estimate of drug-likeness (QED) is 0.872. The van der Waals surface area contributed by atoms with Gasteiger partial charge in [0.05, 0.1) is 24.7 Å². The van der Waals surface area contributed by atoms with Crippen molar-refractivity contribution in [3.8, 4) is 0 Å². The van der Waals surface area contributed by atoms with Crippen LogP contribution in [0.5, 0.6) is 0 Å². The largest absolute Gasteiger partial charge is 0.481 e. The van der Waals surface area contributed by atoms with Crippen LogP contribution in [0.15, 0.2) is 42.6 Å². The molecule has 1 saturated heterocycles. The van der Waals surface area contributed by atoms with E-state index in [1.807, 2.05) is 47.3 Å². The van der Waals surface area contributed by atoms with E-state index in [1.165, 1.54) is 0 Å². The number of amides is 2. The smallest absolute Gasteiger partial charge is 0.317 e. The van der Waals surface area contributed by atoms with Gasteiger partial charge >= 0.3 is 12.0 Å². The Morgan fingerprint density at radius 2 is 2.04 bits per heavy atom. The van der Waals surface area contributed by atoms with Crippen molar-refractivity contribution in [2.75, 3.05) is 13.1 Å². The predicted octanol–water partition coefficient (Wildman–Crippen LogP) is 1.55. The molecule has 1 aromatic heterocycles. The number of carboxylic acid groups (broad SMARTS) is 1. The van der Waals surface area contributed by atoms with Crippen molar-refractivity contribution in [3.05, 3.63) is 53.9 Å². The van der Waals surface area contributed by atoms with Crippen LogP contribution in [0, 0.1) is 5.92 Å². The van der Waals surface area contributed by atoms with Gasteiger partial charge in [0.1, 0.15) is 0 Å². The van der Waals surface area contributed by atoms with Crippen molar-refractivity contribution in [1.82, 2.24) is 20.0 Å². The van der Waals surface area contributed by atoms with Gasteiger partial charge in [-0.15, -0.1) is 0 Å². The number of nitrogens with one attached hydrogen (secondary N) is 1. The first kappa shape index (κ1) is 16.0. The van der Waals surface area contributed by atoms with Gasteiger partial charge in [0.15, 0.2) is 0 Å². The highest BCUT2D eigenvalue weighted by atomic mass is 16.4. The normalized spacial score (nSPS) is 17.0. The van der Waals surface area contributed by atoms with Gasteiger partial charge < -0.3 is 15.3 Å². The van der Waals surface area contributed by atoms with Crippen LogP contribution in [0.25, 0.3) is 0 Å². The van der Waals surface area contributed by atoms with Crippen LogP contribution < -0.4 is 5.32 Å². The van der Waals surface area contributed by atoms with Gasteiger partial charge in [-0.1, -0.05) is 30.3 Å².